The Labute approximate surface area is 209 Å². The van der Waals surface area contributed by atoms with E-state index in [1.807, 2.05) is 44.2 Å². The molecule has 180 valence electrons. The van der Waals surface area contributed by atoms with Crippen LogP contribution in [0.3, 0.4) is 0 Å². The number of anilines is 1. The van der Waals surface area contributed by atoms with Gasteiger partial charge in [-0.15, -0.1) is 10.2 Å². The van der Waals surface area contributed by atoms with Crippen LogP contribution >= 0.6 is 23.1 Å². The van der Waals surface area contributed by atoms with Crippen LogP contribution in [0, 0.1) is 5.92 Å². The normalized spacial score (nSPS) is 11.1. The fraction of sp³-hybridized carbons (Fsp3) is 0.240. The molecule has 4 aromatic rings. The van der Waals surface area contributed by atoms with E-state index in [-0.39, 0.29) is 17.6 Å². The number of carbonyl (C=O) groups is 2. The summed E-state index contributed by atoms with van der Waals surface area (Å²) in [7, 11) is 0. The SMILES string of the molecule is CCC(CC)C(=O)Nc1nnc(SCc2cc(=O)c(OC(=O)c3ccc4ccccc4c3)co2)s1. The molecule has 35 heavy (non-hydrogen) atoms. The second kappa shape index (κ2) is 11.3. The number of benzene rings is 2. The fourth-order valence-electron chi connectivity index (χ4n) is 3.38. The average molecular weight is 510 g/mol. The molecule has 2 aromatic carbocycles. The van der Waals surface area contributed by atoms with Crippen LogP contribution in [-0.2, 0) is 10.5 Å². The van der Waals surface area contributed by atoms with Crippen molar-refractivity contribution in [2.75, 3.05) is 5.32 Å². The molecule has 0 saturated carbocycles. The van der Waals surface area contributed by atoms with E-state index in [0.29, 0.717) is 26.5 Å². The molecule has 0 radical (unpaired) electrons. The predicted molar refractivity (Wildman–Crippen MR) is 136 cm³/mol. The van der Waals surface area contributed by atoms with Gasteiger partial charge in [-0.3, -0.25) is 9.59 Å². The fourth-order valence-corrected chi connectivity index (χ4v) is 5.03. The Morgan fingerprint density at radius 2 is 1.86 bits per heavy atom. The highest BCUT2D eigenvalue weighted by atomic mass is 32.2. The molecule has 0 aliphatic rings. The third kappa shape index (κ3) is 6.14. The van der Waals surface area contributed by atoms with Crippen molar-refractivity contribution in [3.63, 3.8) is 0 Å². The van der Waals surface area contributed by atoms with Crippen molar-refractivity contribution in [3.8, 4) is 5.75 Å². The zero-order chi connectivity index (χ0) is 24.8. The van der Waals surface area contributed by atoms with Gasteiger partial charge in [-0.05, 0) is 35.7 Å². The Morgan fingerprint density at radius 3 is 2.60 bits per heavy atom. The second-order valence-electron chi connectivity index (χ2n) is 7.69. The smallest absolute Gasteiger partial charge is 0.343 e. The van der Waals surface area contributed by atoms with Gasteiger partial charge in [-0.1, -0.05) is 67.3 Å². The number of nitrogens with one attached hydrogen (secondary N) is 1. The first-order valence-corrected chi connectivity index (χ1v) is 12.9. The summed E-state index contributed by atoms with van der Waals surface area (Å²) in [6.07, 6.45) is 2.66. The lowest BCUT2D eigenvalue weighted by molar-refractivity contribution is -0.120. The monoisotopic (exact) mass is 509 g/mol. The van der Waals surface area contributed by atoms with Gasteiger partial charge in [0.2, 0.25) is 22.2 Å². The summed E-state index contributed by atoms with van der Waals surface area (Å²) >= 11 is 2.57. The van der Waals surface area contributed by atoms with Crippen molar-refractivity contribution in [2.24, 2.45) is 5.92 Å². The zero-order valence-electron chi connectivity index (χ0n) is 19.1. The van der Waals surface area contributed by atoms with Gasteiger partial charge in [-0.25, -0.2) is 4.79 Å². The van der Waals surface area contributed by atoms with Gasteiger partial charge >= 0.3 is 5.97 Å². The van der Waals surface area contributed by atoms with E-state index in [2.05, 4.69) is 15.5 Å². The number of fused-ring (bicyclic) bond motifs is 1. The maximum atomic E-state index is 12.5. The van der Waals surface area contributed by atoms with Crippen molar-refractivity contribution >= 4 is 50.9 Å². The Bertz CT molecular complexity index is 1410. The highest BCUT2D eigenvalue weighted by Gasteiger charge is 2.17. The quantitative estimate of drug-likeness (QED) is 0.178. The summed E-state index contributed by atoms with van der Waals surface area (Å²) in [4.78, 5) is 37.2. The Kier molecular flexibility index (Phi) is 7.94. The number of ether oxygens (including phenoxy) is 1. The maximum absolute atomic E-state index is 12.5. The molecule has 0 fully saturated rings. The topological polar surface area (TPSA) is 111 Å². The maximum Gasteiger partial charge on any atom is 0.343 e. The van der Waals surface area contributed by atoms with Gasteiger partial charge in [0, 0.05) is 12.0 Å². The summed E-state index contributed by atoms with van der Waals surface area (Å²) in [6, 6.07) is 14.1. The molecule has 0 atom stereocenters. The standard InChI is InChI=1S/C25H23N3O5S2/c1-3-15(4-2)22(30)26-24-27-28-25(35-24)34-14-19-12-20(29)21(13-32-19)33-23(31)18-10-9-16-7-5-6-8-17(16)11-18/h5-13,15H,3-4,14H2,1-2H3,(H,26,27,30). The average Bonchev–Trinajstić information content (AvgIpc) is 3.31. The number of esters is 1. The number of carbonyl (C=O) groups excluding carboxylic acids is 2. The van der Waals surface area contributed by atoms with Crippen molar-refractivity contribution in [3.05, 3.63) is 76.3 Å². The van der Waals surface area contributed by atoms with Crippen LogP contribution in [0.15, 0.2) is 68.3 Å². The van der Waals surface area contributed by atoms with Crippen LogP contribution in [0.4, 0.5) is 5.13 Å². The first kappa shape index (κ1) is 24.6. The highest BCUT2D eigenvalue weighted by Crippen LogP contribution is 2.29. The van der Waals surface area contributed by atoms with E-state index in [1.165, 1.54) is 29.2 Å². The van der Waals surface area contributed by atoms with Gasteiger partial charge in [0.05, 0.1) is 11.3 Å². The molecule has 8 nitrogen and oxygen atoms in total. The number of thioether (sulfide) groups is 1. The lowest BCUT2D eigenvalue weighted by atomic mass is 10.0. The Balaban J connectivity index is 1.35. The molecule has 10 heteroatoms. The molecule has 0 saturated heterocycles. The van der Waals surface area contributed by atoms with E-state index in [9.17, 15) is 14.4 Å². The highest BCUT2D eigenvalue weighted by molar-refractivity contribution is 8.00. The summed E-state index contributed by atoms with van der Waals surface area (Å²) in [5.74, 6) is -0.228. The number of aromatic nitrogens is 2. The molecule has 2 aromatic heterocycles. The minimum absolute atomic E-state index is 0.0573. The Morgan fingerprint density at radius 1 is 1.09 bits per heavy atom. The molecule has 0 spiro atoms. The second-order valence-corrected chi connectivity index (χ2v) is 9.89. The van der Waals surface area contributed by atoms with Crippen molar-refractivity contribution in [1.82, 2.24) is 10.2 Å². The summed E-state index contributed by atoms with van der Waals surface area (Å²) < 4.78 is 11.4. The molecule has 2 heterocycles. The molecule has 0 unspecified atom stereocenters. The van der Waals surface area contributed by atoms with E-state index in [4.69, 9.17) is 9.15 Å². The summed E-state index contributed by atoms with van der Waals surface area (Å²) in [5, 5.41) is 13.2. The van der Waals surface area contributed by atoms with Gasteiger partial charge < -0.3 is 14.5 Å². The number of hydrogen-bond donors (Lipinski definition) is 1. The third-order valence-electron chi connectivity index (χ3n) is 5.37. The zero-order valence-corrected chi connectivity index (χ0v) is 20.8. The molecule has 1 N–H and O–H groups in total. The lowest BCUT2D eigenvalue weighted by Gasteiger charge is -2.09. The van der Waals surface area contributed by atoms with Gasteiger partial charge in [0.15, 0.2) is 4.34 Å². The lowest BCUT2D eigenvalue weighted by Crippen LogP contribution is -2.21. The minimum atomic E-state index is -0.637. The third-order valence-corrected chi connectivity index (χ3v) is 7.37. The molecular weight excluding hydrogens is 486 g/mol. The molecule has 0 bridgehead atoms. The minimum Gasteiger partial charge on any atom is -0.464 e. The van der Waals surface area contributed by atoms with Crippen LogP contribution in [0.5, 0.6) is 5.75 Å². The van der Waals surface area contributed by atoms with E-state index in [0.717, 1.165) is 29.9 Å². The molecule has 0 aliphatic heterocycles. The van der Waals surface area contributed by atoms with Gasteiger partial charge in [-0.2, -0.15) is 0 Å². The molecule has 1 amide bonds. The largest absolute Gasteiger partial charge is 0.464 e. The van der Waals surface area contributed by atoms with Crippen LogP contribution in [0.25, 0.3) is 10.8 Å². The number of nitrogens with zero attached hydrogens (tertiary/aromatic N) is 2. The first-order valence-electron chi connectivity index (χ1n) is 11.1. The number of hydrogen-bond acceptors (Lipinski definition) is 9. The van der Waals surface area contributed by atoms with Crippen molar-refractivity contribution in [1.29, 1.82) is 0 Å². The number of amides is 1. The number of rotatable bonds is 9. The summed E-state index contributed by atoms with van der Waals surface area (Å²) in [6.45, 7) is 3.94. The van der Waals surface area contributed by atoms with E-state index >= 15 is 0 Å². The first-order chi connectivity index (χ1) is 17.0. The molecule has 0 aliphatic carbocycles. The van der Waals surface area contributed by atoms with Crippen LogP contribution < -0.4 is 15.5 Å². The van der Waals surface area contributed by atoms with Crippen LogP contribution in [0.2, 0.25) is 0 Å². The molecule has 4 rings (SSSR count). The van der Waals surface area contributed by atoms with E-state index < -0.39 is 11.4 Å². The summed E-state index contributed by atoms with van der Waals surface area (Å²) in [5.41, 5.74) is -0.123. The van der Waals surface area contributed by atoms with Crippen molar-refractivity contribution < 1.29 is 18.7 Å². The van der Waals surface area contributed by atoms with Crippen molar-refractivity contribution in [2.45, 2.75) is 36.8 Å². The van der Waals surface area contributed by atoms with E-state index in [1.54, 1.807) is 12.1 Å². The van der Waals surface area contributed by atoms with Crippen LogP contribution in [-0.4, -0.2) is 22.1 Å². The Hall–Kier alpha value is -3.50. The molecular formula is C25H23N3O5S2. The predicted octanol–water partition coefficient (Wildman–Crippen LogP) is 5.53. The van der Waals surface area contributed by atoms with Crippen LogP contribution in [0.1, 0.15) is 42.8 Å². The van der Waals surface area contributed by atoms with Gasteiger partial charge in [0.1, 0.15) is 12.0 Å². The van der Waals surface area contributed by atoms with Gasteiger partial charge in [0.25, 0.3) is 0 Å².